The van der Waals surface area contributed by atoms with Gasteiger partial charge in [0.25, 0.3) is 5.91 Å². The zero-order valence-electron chi connectivity index (χ0n) is 12.8. The van der Waals surface area contributed by atoms with Gasteiger partial charge in [-0.2, -0.15) is 0 Å². The minimum Gasteiger partial charge on any atom is -0.383 e. The first-order valence-electron chi connectivity index (χ1n) is 7.33. The first-order chi connectivity index (χ1) is 11.2. The van der Waals surface area contributed by atoms with Gasteiger partial charge in [-0.25, -0.2) is 4.39 Å². The standard InChI is InChI=1S/C18H17FN2O2/c1-23-10-9-21-16-8-3-2-5-13(16)11-17(21)18(22)20-15-7-4-6-14(19)12-15/h2-8,11-12H,9-10H2,1H3,(H,20,22). The number of halogens is 1. The van der Waals surface area contributed by atoms with Crippen molar-refractivity contribution in [3.05, 3.63) is 66.1 Å². The number of fused-ring (bicyclic) bond motifs is 1. The number of anilines is 1. The summed E-state index contributed by atoms with van der Waals surface area (Å²) < 4.78 is 20.3. The van der Waals surface area contributed by atoms with Gasteiger partial charge < -0.3 is 14.6 Å². The van der Waals surface area contributed by atoms with Crippen LogP contribution in [0.25, 0.3) is 10.9 Å². The Morgan fingerprint density at radius 1 is 1.17 bits per heavy atom. The molecular formula is C18H17FN2O2. The van der Waals surface area contributed by atoms with Crippen molar-refractivity contribution in [2.75, 3.05) is 19.0 Å². The van der Waals surface area contributed by atoms with E-state index in [9.17, 15) is 9.18 Å². The molecule has 0 atom stereocenters. The molecule has 4 nitrogen and oxygen atoms in total. The van der Waals surface area contributed by atoms with E-state index in [0.717, 1.165) is 10.9 Å². The summed E-state index contributed by atoms with van der Waals surface area (Å²) in [5.41, 5.74) is 1.92. The van der Waals surface area contributed by atoms with Gasteiger partial charge in [-0.15, -0.1) is 0 Å². The monoisotopic (exact) mass is 312 g/mol. The van der Waals surface area contributed by atoms with E-state index in [1.807, 2.05) is 34.9 Å². The Hall–Kier alpha value is -2.66. The number of carbonyl (C=O) groups is 1. The fourth-order valence-electron chi connectivity index (χ4n) is 2.58. The summed E-state index contributed by atoms with van der Waals surface area (Å²) in [6.07, 6.45) is 0. The maximum absolute atomic E-state index is 13.3. The molecule has 23 heavy (non-hydrogen) atoms. The fraction of sp³-hybridized carbons (Fsp3) is 0.167. The Morgan fingerprint density at radius 2 is 2.00 bits per heavy atom. The van der Waals surface area contributed by atoms with Gasteiger partial charge in [-0.1, -0.05) is 24.3 Å². The predicted octanol–water partition coefficient (Wildman–Crippen LogP) is 3.68. The van der Waals surface area contributed by atoms with Gasteiger partial charge >= 0.3 is 0 Å². The molecule has 1 amide bonds. The third kappa shape index (κ3) is 3.24. The zero-order chi connectivity index (χ0) is 16.2. The summed E-state index contributed by atoms with van der Waals surface area (Å²) in [5, 5.41) is 3.72. The highest BCUT2D eigenvalue weighted by atomic mass is 19.1. The van der Waals surface area contributed by atoms with Crippen LogP contribution in [0.4, 0.5) is 10.1 Å². The summed E-state index contributed by atoms with van der Waals surface area (Å²) in [7, 11) is 1.62. The van der Waals surface area contributed by atoms with E-state index in [2.05, 4.69) is 5.32 Å². The van der Waals surface area contributed by atoms with E-state index < -0.39 is 0 Å². The van der Waals surface area contributed by atoms with Crippen molar-refractivity contribution < 1.29 is 13.9 Å². The summed E-state index contributed by atoms with van der Waals surface area (Å²) in [4.78, 5) is 12.6. The molecule has 0 unspecified atom stereocenters. The summed E-state index contributed by atoms with van der Waals surface area (Å²) >= 11 is 0. The lowest BCUT2D eigenvalue weighted by atomic mass is 10.2. The van der Waals surface area contributed by atoms with Crippen LogP contribution in [0, 0.1) is 5.82 Å². The van der Waals surface area contributed by atoms with E-state index in [-0.39, 0.29) is 11.7 Å². The van der Waals surface area contributed by atoms with Crippen LogP contribution in [-0.2, 0) is 11.3 Å². The normalized spacial score (nSPS) is 10.9. The van der Waals surface area contributed by atoms with Crippen LogP contribution in [0.5, 0.6) is 0 Å². The number of hydrogen-bond acceptors (Lipinski definition) is 2. The molecule has 0 spiro atoms. The number of hydrogen-bond donors (Lipinski definition) is 1. The lowest BCUT2D eigenvalue weighted by molar-refractivity contribution is 0.101. The highest BCUT2D eigenvalue weighted by Crippen LogP contribution is 2.21. The minimum atomic E-state index is -0.386. The quantitative estimate of drug-likeness (QED) is 0.781. The van der Waals surface area contributed by atoms with Crippen LogP contribution in [-0.4, -0.2) is 24.2 Å². The highest BCUT2D eigenvalue weighted by molar-refractivity contribution is 6.06. The minimum absolute atomic E-state index is 0.275. The molecule has 1 aromatic heterocycles. The molecule has 1 N–H and O–H groups in total. The second-order valence-electron chi connectivity index (χ2n) is 5.20. The molecule has 3 rings (SSSR count). The van der Waals surface area contributed by atoms with Crippen molar-refractivity contribution in [1.82, 2.24) is 4.57 Å². The molecule has 0 aliphatic heterocycles. The number of nitrogens with zero attached hydrogens (tertiary/aromatic N) is 1. The number of para-hydroxylation sites is 1. The average molecular weight is 312 g/mol. The van der Waals surface area contributed by atoms with Crippen LogP contribution in [0.15, 0.2) is 54.6 Å². The van der Waals surface area contributed by atoms with E-state index in [0.29, 0.717) is 24.5 Å². The third-order valence-electron chi connectivity index (χ3n) is 3.64. The lowest BCUT2D eigenvalue weighted by Crippen LogP contribution is -2.18. The molecule has 2 aromatic carbocycles. The number of rotatable bonds is 5. The van der Waals surface area contributed by atoms with Crippen molar-refractivity contribution >= 4 is 22.5 Å². The van der Waals surface area contributed by atoms with Crippen molar-refractivity contribution in [1.29, 1.82) is 0 Å². The van der Waals surface area contributed by atoms with Gasteiger partial charge in [0.05, 0.1) is 6.61 Å². The van der Waals surface area contributed by atoms with E-state index >= 15 is 0 Å². The smallest absolute Gasteiger partial charge is 0.272 e. The summed E-state index contributed by atoms with van der Waals surface area (Å²) in [6, 6.07) is 15.5. The number of amides is 1. The number of methoxy groups -OCH3 is 1. The molecule has 0 bridgehead atoms. The van der Waals surface area contributed by atoms with Crippen LogP contribution >= 0.6 is 0 Å². The van der Waals surface area contributed by atoms with Gasteiger partial charge in [0.2, 0.25) is 0 Å². The van der Waals surface area contributed by atoms with Crippen molar-refractivity contribution in [2.45, 2.75) is 6.54 Å². The van der Waals surface area contributed by atoms with Crippen LogP contribution < -0.4 is 5.32 Å². The number of nitrogens with one attached hydrogen (secondary N) is 1. The second kappa shape index (κ2) is 6.62. The number of benzene rings is 2. The number of aromatic nitrogens is 1. The molecule has 0 aliphatic carbocycles. The summed E-state index contributed by atoms with van der Waals surface area (Å²) in [6.45, 7) is 1.06. The molecule has 3 aromatic rings. The SMILES string of the molecule is COCCn1c(C(=O)Nc2cccc(F)c2)cc2ccccc21. The van der Waals surface area contributed by atoms with Gasteiger partial charge in [0.15, 0.2) is 0 Å². The maximum atomic E-state index is 13.3. The van der Waals surface area contributed by atoms with E-state index in [1.165, 1.54) is 12.1 Å². The average Bonchev–Trinajstić information content (AvgIpc) is 2.91. The number of ether oxygens (including phenoxy) is 1. The highest BCUT2D eigenvalue weighted by Gasteiger charge is 2.15. The van der Waals surface area contributed by atoms with Crippen molar-refractivity contribution in [3.63, 3.8) is 0 Å². The van der Waals surface area contributed by atoms with Crippen LogP contribution in [0.2, 0.25) is 0 Å². The Kier molecular flexibility index (Phi) is 4.39. The maximum Gasteiger partial charge on any atom is 0.272 e. The van der Waals surface area contributed by atoms with Gasteiger partial charge in [0.1, 0.15) is 11.5 Å². The van der Waals surface area contributed by atoms with Crippen LogP contribution in [0.3, 0.4) is 0 Å². The van der Waals surface area contributed by atoms with E-state index in [4.69, 9.17) is 4.74 Å². The molecule has 0 fully saturated rings. The Balaban J connectivity index is 1.95. The zero-order valence-corrected chi connectivity index (χ0v) is 12.8. The Bertz CT molecular complexity index is 842. The van der Waals surface area contributed by atoms with Gasteiger partial charge in [0, 0.05) is 30.2 Å². The molecular weight excluding hydrogens is 295 g/mol. The fourth-order valence-corrected chi connectivity index (χ4v) is 2.58. The topological polar surface area (TPSA) is 43.3 Å². The first kappa shape index (κ1) is 15.2. The van der Waals surface area contributed by atoms with Gasteiger partial charge in [-0.3, -0.25) is 4.79 Å². The van der Waals surface area contributed by atoms with Crippen molar-refractivity contribution in [3.8, 4) is 0 Å². The molecule has 118 valence electrons. The largest absolute Gasteiger partial charge is 0.383 e. The van der Waals surface area contributed by atoms with Gasteiger partial charge in [-0.05, 0) is 30.3 Å². The summed E-state index contributed by atoms with van der Waals surface area (Å²) in [5.74, 6) is -0.661. The molecule has 0 aliphatic rings. The van der Waals surface area contributed by atoms with Crippen molar-refractivity contribution in [2.24, 2.45) is 0 Å². The molecule has 0 radical (unpaired) electrons. The number of carbonyl (C=O) groups excluding carboxylic acids is 1. The molecule has 0 saturated carbocycles. The predicted molar refractivity (Wildman–Crippen MR) is 88.2 cm³/mol. The van der Waals surface area contributed by atoms with E-state index in [1.54, 1.807) is 19.2 Å². The molecule has 0 saturated heterocycles. The Labute approximate surface area is 133 Å². The first-order valence-corrected chi connectivity index (χ1v) is 7.33. The second-order valence-corrected chi connectivity index (χ2v) is 5.20. The van der Waals surface area contributed by atoms with Crippen LogP contribution in [0.1, 0.15) is 10.5 Å². The third-order valence-corrected chi connectivity index (χ3v) is 3.64. The lowest BCUT2D eigenvalue weighted by Gasteiger charge is -2.10. The molecule has 1 heterocycles. The molecule has 5 heteroatoms. The Morgan fingerprint density at radius 3 is 2.78 bits per heavy atom.